The zero-order chi connectivity index (χ0) is 29.6. The summed E-state index contributed by atoms with van der Waals surface area (Å²) in [4.78, 5) is 43.1. The van der Waals surface area contributed by atoms with Crippen molar-refractivity contribution in [1.29, 1.82) is 0 Å². The average Bonchev–Trinajstić information content (AvgIpc) is 3.01. The molecule has 3 aromatic carbocycles. The number of amides is 2. The number of ether oxygens (including phenoxy) is 1. The van der Waals surface area contributed by atoms with E-state index in [4.69, 9.17) is 28.6 Å². The Bertz CT molecular complexity index is 1490. The van der Waals surface area contributed by atoms with Crippen LogP contribution in [0.1, 0.15) is 20.7 Å². The van der Waals surface area contributed by atoms with E-state index in [2.05, 4.69) is 15.5 Å². The van der Waals surface area contributed by atoms with Gasteiger partial charge in [-0.2, -0.15) is 0 Å². The number of nitro benzene ring substituents is 1. The molecule has 2 N–H and O–H groups in total. The van der Waals surface area contributed by atoms with Crippen LogP contribution in [0, 0.1) is 10.1 Å². The second kappa shape index (κ2) is 13.1. The number of hydrogen-bond donors (Lipinski definition) is 2. The summed E-state index contributed by atoms with van der Waals surface area (Å²) in [6.07, 6.45) is 0. The van der Waals surface area contributed by atoms with Crippen LogP contribution in [-0.4, -0.2) is 79.2 Å². The van der Waals surface area contributed by atoms with Gasteiger partial charge in [0.05, 0.1) is 40.8 Å². The summed E-state index contributed by atoms with van der Waals surface area (Å²) in [6.45, 7) is 4.40. The van der Waals surface area contributed by atoms with Crippen molar-refractivity contribution in [2.45, 2.75) is 0 Å². The summed E-state index contributed by atoms with van der Waals surface area (Å²) >= 11 is 11.4. The van der Waals surface area contributed by atoms with Crippen LogP contribution >= 0.6 is 23.8 Å². The molecule has 2 saturated heterocycles. The number of nitrogens with zero attached hydrogens (tertiary/aromatic N) is 4. The Hall–Kier alpha value is -4.26. The summed E-state index contributed by atoms with van der Waals surface area (Å²) in [7, 11) is 0. The molecule has 13 heteroatoms. The van der Waals surface area contributed by atoms with E-state index in [1.165, 1.54) is 12.1 Å². The highest BCUT2D eigenvalue weighted by Crippen LogP contribution is 2.28. The van der Waals surface area contributed by atoms with Crippen LogP contribution in [0.4, 0.5) is 22.7 Å². The Kier molecular flexibility index (Phi) is 9.15. The molecule has 2 amide bonds. The lowest BCUT2D eigenvalue weighted by Crippen LogP contribution is -2.49. The number of morpholine rings is 1. The lowest BCUT2D eigenvalue weighted by molar-refractivity contribution is -0.384. The molecule has 218 valence electrons. The first-order valence-corrected chi connectivity index (χ1v) is 14.2. The molecule has 0 aliphatic carbocycles. The lowest BCUT2D eigenvalue weighted by atomic mass is 10.1. The number of rotatable bonds is 6. The molecule has 0 atom stereocenters. The molecule has 2 heterocycles. The monoisotopic (exact) mass is 608 g/mol. The van der Waals surface area contributed by atoms with Crippen LogP contribution in [0.3, 0.4) is 0 Å². The molecular formula is C29H29ClN6O5S. The molecular weight excluding hydrogens is 580 g/mol. The van der Waals surface area contributed by atoms with Gasteiger partial charge < -0.3 is 24.8 Å². The molecule has 2 fully saturated rings. The average molecular weight is 609 g/mol. The van der Waals surface area contributed by atoms with Crippen molar-refractivity contribution < 1.29 is 19.2 Å². The Labute approximate surface area is 253 Å². The van der Waals surface area contributed by atoms with Crippen LogP contribution < -0.4 is 20.4 Å². The number of carbonyl (C=O) groups excluding carboxylic acids is 2. The van der Waals surface area contributed by atoms with Crippen LogP contribution in [0.15, 0.2) is 66.7 Å². The molecule has 0 unspecified atom stereocenters. The Morgan fingerprint density at radius 2 is 1.55 bits per heavy atom. The fourth-order valence-corrected chi connectivity index (χ4v) is 5.33. The fraction of sp³-hybridized carbons (Fsp3) is 0.276. The van der Waals surface area contributed by atoms with Gasteiger partial charge in [0.2, 0.25) is 0 Å². The van der Waals surface area contributed by atoms with E-state index >= 15 is 0 Å². The molecule has 2 aliphatic heterocycles. The molecule has 0 bridgehead atoms. The van der Waals surface area contributed by atoms with Gasteiger partial charge in [0.1, 0.15) is 0 Å². The van der Waals surface area contributed by atoms with Crippen molar-refractivity contribution in [3.63, 3.8) is 0 Å². The number of para-hydroxylation sites is 2. The largest absolute Gasteiger partial charge is 0.378 e. The number of piperazine rings is 1. The third-order valence-corrected chi connectivity index (χ3v) is 7.62. The van der Waals surface area contributed by atoms with E-state index in [1.807, 2.05) is 34.1 Å². The van der Waals surface area contributed by atoms with Crippen LogP contribution in [0.25, 0.3) is 0 Å². The van der Waals surface area contributed by atoms with Crippen molar-refractivity contribution in [1.82, 2.24) is 10.2 Å². The number of non-ortho nitro benzene ring substituents is 1. The maximum atomic E-state index is 13.3. The lowest BCUT2D eigenvalue weighted by Gasteiger charge is -2.37. The van der Waals surface area contributed by atoms with Gasteiger partial charge in [0.25, 0.3) is 17.5 Å². The first kappa shape index (κ1) is 29.2. The quantitative estimate of drug-likeness (QED) is 0.241. The Balaban J connectivity index is 1.25. The normalized spacial score (nSPS) is 15.2. The van der Waals surface area contributed by atoms with E-state index in [1.54, 1.807) is 30.3 Å². The molecule has 3 aromatic rings. The van der Waals surface area contributed by atoms with E-state index in [-0.39, 0.29) is 22.3 Å². The van der Waals surface area contributed by atoms with E-state index < -0.39 is 10.8 Å². The predicted molar refractivity (Wildman–Crippen MR) is 166 cm³/mol. The summed E-state index contributed by atoms with van der Waals surface area (Å²) in [5, 5.41) is 17.9. The minimum absolute atomic E-state index is 0.0424. The van der Waals surface area contributed by atoms with E-state index in [0.29, 0.717) is 74.4 Å². The first-order chi connectivity index (χ1) is 20.3. The molecule has 2 aliphatic rings. The van der Waals surface area contributed by atoms with Crippen molar-refractivity contribution in [3.05, 3.63) is 93.0 Å². The van der Waals surface area contributed by atoms with Crippen LogP contribution in [0.2, 0.25) is 5.02 Å². The molecule has 0 aromatic heterocycles. The van der Waals surface area contributed by atoms with Crippen molar-refractivity contribution in [2.24, 2.45) is 0 Å². The van der Waals surface area contributed by atoms with Gasteiger partial charge in [-0.3, -0.25) is 25.0 Å². The first-order valence-electron chi connectivity index (χ1n) is 13.4. The summed E-state index contributed by atoms with van der Waals surface area (Å²) < 4.78 is 5.41. The third-order valence-electron chi connectivity index (χ3n) is 7.17. The van der Waals surface area contributed by atoms with Gasteiger partial charge in [-0.05, 0) is 54.7 Å². The topological polar surface area (TPSA) is 120 Å². The second-order valence-corrected chi connectivity index (χ2v) is 10.6. The minimum atomic E-state index is -0.551. The summed E-state index contributed by atoms with van der Waals surface area (Å²) in [5.74, 6) is -0.594. The molecule has 0 spiro atoms. The highest BCUT2D eigenvalue weighted by molar-refractivity contribution is 7.80. The van der Waals surface area contributed by atoms with Crippen LogP contribution in [0.5, 0.6) is 0 Å². The number of benzene rings is 3. The Morgan fingerprint density at radius 3 is 2.24 bits per heavy atom. The zero-order valence-corrected chi connectivity index (χ0v) is 24.2. The van der Waals surface area contributed by atoms with Gasteiger partial charge >= 0.3 is 0 Å². The maximum Gasteiger partial charge on any atom is 0.270 e. The number of nitro groups is 1. The minimum Gasteiger partial charge on any atom is -0.378 e. The maximum absolute atomic E-state index is 13.3. The standard InChI is InChI=1S/C29H29ClN6O5S/c30-21-7-5-20(6-8-21)28(38)35-13-11-33(12-14-35)26-4-2-1-3-24(26)31-29(42)32-27(37)23-19-22(36(39)40)9-10-25(23)34-15-17-41-18-16-34/h1-10,19H,11-18H2,(H2,31,32,37,42). The molecule has 42 heavy (non-hydrogen) atoms. The second-order valence-electron chi connectivity index (χ2n) is 9.77. The predicted octanol–water partition coefficient (Wildman–Crippen LogP) is 4.17. The van der Waals surface area contributed by atoms with Gasteiger partial charge in [0.15, 0.2) is 5.11 Å². The summed E-state index contributed by atoms with van der Waals surface area (Å²) in [5.41, 5.74) is 2.71. The van der Waals surface area contributed by atoms with E-state index in [9.17, 15) is 19.7 Å². The van der Waals surface area contributed by atoms with E-state index in [0.717, 1.165) is 5.69 Å². The number of nitrogens with one attached hydrogen (secondary N) is 2. The fourth-order valence-electron chi connectivity index (χ4n) is 5.00. The van der Waals surface area contributed by atoms with Crippen LogP contribution in [-0.2, 0) is 4.74 Å². The smallest absolute Gasteiger partial charge is 0.270 e. The number of hydrogen-bond acceptors (Lipinski definition) is 8. The van der Waals surface area contributed by atoms with Crippen molar-refractivity contribution in [2.75, 3.05) is 67.6 Å². The molecule has 0 saturated carbocycles. The number of halogens is 1. The van der Waals surface area contributed by atoms with Gasteiger partial charge in [-0.1, -0.05) is 23.7 Å². The zero-order valence-electron chi connectivity index (χ0n) is 22.6. The number of thiocarbonyl (C=S) groups is 1. The SMILES string of the molecule is O=C(NC(=S)Nc1ccccc1N1CCN(C(=O)c2ccc(Cl)cc2)CC1)c1cc([N+](=O)[O-])ccc1N1CCOCC1. The number of carbonyl (C=O) groups is 2. The Morgan fingerprint density at radius 1 is 0.881 bits per heavy atom. The van der Waals surface area contributed by atoms with Gasteiger partial charge in [-0.15, -0.1) is 0 Å². The molecule has 0 radical (unpaired) electrons. The summed E-state index contributed by atoms with van der Waals surface area (Å²) in [6, 6.07) is 18.7. The third kappa shape index (κ3) is 6.78. The highest BCUT2D eigenvalue weighted by Gasteiger charge is 2.25. The van der Waals surface area contributed by atoms with Crippen molar-refractivity contribution >= 4 is 63.5 Å². The van der Waals surface area contributed by atoms with Gasteiger partial charge in [-0.25, -0.2) is 0 Å². The molecule has 5 rings (SSSR count). The number of anilines is 3. The van der Waals surface area contributed by atoms with Gasteiger partial charge in [0, 0.05) is 62.0 Å². The van der Waals surface area contributed by atoms with Crippen molar-refractivity contribution in [3.8, 4) is 0 Å². The highest BCUT2D eigenvalue weighted by atomic mass is 35.5. The molecule has 11 nitrogen and oxygen atoms in total.